The molecule has 5 nitrogen and oxygen atoms in total. The van der Waals surface area contributed by atoms with Gasteiger partial charge in [-0.1, -0.05) is 30.3 Å². The average molecular weight is 326 g/mol. The number of carbonyl (C=O) groups excluding carboxylic acids is 1. The maximum absolute atomic E-state index is 12.4. The Morgan fingerprint density at radius 1 is 1.21 bits per heavy atom. The normalized spacial score (nSPS) is 23.9. The Labute approximate surface area is 141 Å². The number of likely N-dealkylation sites (tertiary alicyclic amines) is 1. The highest BCUT2D eigenvalue weighted by Gasteiger charge is 2.42. The number of β-amino-alcohol motifs (C(OH)–C–C–N with tert-alkyl or cyclic N) is 1. The smallest absolute Gasteiger partial charge is 0.222 e. The lowest BCUT2D eigenvalue weighted by atomic mass is 9.82. The number of amides is 1. The fourth-order valence-electron chi connectivity index (χ4n) is 3.17. The number of aromatic nitrogens is 1. The average Bonchev–Trinajstić information content (AvgIpc) is 2.63. The van der Waals surface area contributed by atoms with Crippen molar-refractivity contribution in [2.45, 2.75) is 31.0 Å². The molecule has 1 aromatic carbocycles. The van der Waals surface area contributed by atoms with Crippen LogP contribution in [0.4, 0.5) is 0 Å². The van der Waals surface area contributed by atoms with Crippen molar-refractivity contribution in [1.82, 2.24) is 9.88 Å². The second kappa shape index (κ2) is 7.11. The molecule has 0 bridgehead atoms. The summed E-state index contributed by atoms with van der Waals surface area (Å²) in [5, 5.41) is 21.3. The van der Waals surface area contributed by atoms with E-state index in [0.717, 1.165) is 5.56 Å². The molecule has 2 atom stereocenters. The van der Waals surface area contributed by atoms with Crippen LogP contribution >= 0.6 is 0 Å². The van der Waals surface area contributed by atoms with Crippen LogP contribution in [0.2, 0.25) is 0 Å². The maximum atomic E-state index is 12.4. The minimum absolute atomic E-state index is 0.000902. The number of hydrogen-bond donors (Lipinski definition) is 2. The van der Waals surface area contributed by atoms with Crippen LogP contribution < -0.4 is 0 Å². The molecule has 2 heterocycles. The number of pyridine rings is 1. The van der Waals surface area contributed by atoms with E-state index < -0.39 is 11.7 Å². The monoisotopic (exact) mass is 326 g/mol. The quantitative estimate of drug-likeness (QED) is 0.893. The molecule has 3 rings (SSSR count). The van der Waals surface area contributed by atoms with Gasteiger partial charge in [0, 0.05) is 38.3 Å². The minimum atomic E-state index is -1.29. The van der Waals surface area contributed by atoms with Gasteiger partial charge in [-0.3, -0.25) is 9.78 Å². The van der Waals surface area contributed by atoms with Crippen molar-refractivity contribution in [2.24, 2.45) is 0 Å². The Hall–Kier alpha value is -2.24. The van der Waals surface area contributed by atoms with Gasteiger partial charge in [0.2, 0.25) is 5.91 Å². The number of hydrogen-bond acceptors (Lipinski definition) is 4. The molecule has 1 aliphatic heterocycles. The zero-order valence-electron chi connectivity index (χ0n) is 13.5. The fourth-order valence-corrected chi connectivity index (χ4v) is 3.17. The number of rotatable bonds is 4. The third-order valence-electron chi connectivity index (χ3n) is 4.71. The minimum Gasteiger partial charge on any atom is -0.388 e. The molecule has 5 heteroatoms. The molecular weight excluding hydrogens is 304 g/mol. The van der Waals surface area contributed by atoms with Gasteiger partial charge in [-0.15, -0.1) is 0 Å². The van der Waals surface area contributed by atoms with Crippen molar-refractivity contribution >= 4 is 5.91 Å². The molecule has 1 saturated heterocycles. The van der Waals surface area contributed by atoms with Crippen molar-refractivity contribution in [3.63, 3.8) is 0 Å². The molecular formula is C19H22N2O3. The van der Waals surface area contributed by atoms with Crippen molar-refractivity contribution in [3.05, 3.63) is 66.0 Å². The predicted molar refractivity (Wildman–Crippen MR) is 90.1 cm³/mol. The number of nitrogens with zero attached hydrogens (tertiary/aromatic N) is 2. The lowest BCUT2D eigenvalue weighted by Crippen LogP contribution is -2.55. The molecule has 1 amide bonds. The van der Waals surface area contributed by atoms with Gasteiger partial charge in [0.25, 0.3) is 0 Å². The first-order valence-corrected chi connectivity index (χ1v) is 8.22. The Kier molecular flexibility index (Phi) is 4.92. The molecule has 126 valence electrons. The van der Waals surface area contributed by atoms with Gasteiger partial charge in [0.1, 0.15) is 11.7 Å². The molecule has 2 aromatic rings. The second-order valence-electron chi connectivity index (χ2n) is 6.25. The molecule has 1 aliphatic rings. The van der Waals surface area contributed by atoms with E-state index in [9.17, 15) is 15.0 Å². The van der Waals surface area contributed by atoms with Crippen LogP contribution in [0.25, 0.3) is 0 Å². The van der Waals surface area contributed by atoms with Gasteiger partial charge >= 0.3 is 0 Å². The van der Waals surface area contributed by atoms with Crippen molar-refractivity contribution < 1.29 is 15.0 Å². The lowest BCUT2D eigenvalue weighted by molar-refractivity contribution is -0.151. The molecule has 0 spiro atoms. The van der Waals surface area contributed by atoms with Gasteiger partial charge in [-0.25, -0.2) is 0 Å². The van der Waals surface area contributed by atoms with Crippen LogP contribution in [-0.2, 0) is 16.8 Å². The van der Waals surface area contributed by atoms with E-state index in [0.29, 0.717) is 31.4 Å². The summed E-state index contributed by atoms with van der Waals surface area (Å²) in [6.07, 6.45) is 3.81. The van der Waals surface area contributed by atoms with Crippen molar-refractivity contribution in [2.75, 3.05) is 13.1 Å². The van der Waals surface area contributed by atoms with Crippen LogP contribution in [0.15, 0.2) is 54.9 Å². The predicted octanol–water partition coefficient (Wildman–Crippen LogP) is 1.50. The largest absolute Gasteiger partial charge is 0.388 e. The van der Waals surface area contributed by atoms with E-state index in [1.807, 2.05) is 42.5 Å². The topological polar surface area (TPSA) is 73.7 Å². The summed E-state index contributed by atoms with van der Waals surface area (Å²) in [5.41, 5.74) is 0.474. The van der Waals surface area contributed by atoms with Crippen LogP contribution in [0.3, 0.4) is 0 Å². The zero-order chi connectivity index (χ0) is 17.0. The summed E-state index contributed by atoms with van der Waals surface area (Å²) in [4.78, 5) is 18.0. The summed E-state index contributed by atoms with van der Waals surface area (Å²) in [5.74, 6) is 0.000902. The summed E-state index contributed by atoms with van der Waals surface area (Å²) < 4.78 is 0. The molecule has 2 N–H and O–H groups in total. The summed E-state index contributed by atoms with van der Waals surface area (Å²) in [6.45, 7) is 0.595. The first-order chi connectivity index (χ1) is 11.6. The van der Waals surface area contributed by atoms with E-state index in [2.05, 4.69) is 4.98 Å². The molecule has 24 heavy (non-hydrogen) atoms. The van der Waals surface area contributed by atoms with Crippen LogP contribution in [-0.4, -0.2) is 45.2 Å². The van der Waals surface area contributed by atoms with Crippen LogP contribution in [0.5, 0.6) is 0 Å². The maximum Gasteiger partial charge on any atom is 0.222 e. The van der Waals surface area contributed by atoms with E-state index in [-0.39, 0.29) is 12.5 Å². The Morgan fingerprint density at radius 3 is 2.58 bits per heavy atom. The zero-order valence-corrected chi connectivity index (χ0v) is 13.5. The third-order valence-corrected chi connectivity index (χ3v) is 4.71. The molecule has 1 aromatic heterocycles. The molecule has 0 aliphatic carbocycles. The van der Waals surface area contributed by atoms with Crippen molar-refractivity contribution in [1.29, 1.82) is 0 Å². The number of aryl methyl sites for hydroxylation is 1. The highest BCUT2D eigenvalue weighted by atomic mass is 16.3. The number of benzene rings is 1. The standard InChI is InChI=1S/C19H22N2O3/c22-17-14-21(18(23)7-6-15-8-11-20-12-9-15)13-10-19(17,24)16-4-2-1-3-5-16/h1-5,8-9,11-12,17,22,24H,6-7,10,13-14H2/t17-,19-/m0/s1. The summed E-state index contributed by atoms with van der Waals surface area (Å²) >= 11 is 0. The Balaban J connectivity index is 1.60. The number of aliphatic hydroxyl groups is 2. The molecule has 1 fully saturated rings. The first kappa shape index (κ1) is 16.6. The summed E-state index contributed by atoms with van der Waals surface area (Å²) in [6, 6.07) is 13.0. The highest BCUT2D eigenvalue weighted by Crippen LogP contribution is 2.33. The number of carbonyl (C=O) groups is 1. The van der Waals surface area contributed by atoms with E-state index in [4.69, 9.17) is 0 Å². The van der Waals surface area contributed by atoms with E-state index in [1.54, 1.807) is 17.3 Å². The third kappa shape index (κ3) is 3.47. The lowest BCUT2D eigenvalue weighted by Gasteiger charge is -2.42. The van der Waals surface area contributed by atoms with Gasteiger partial charge < -0.3 is 15.1 Å². The molecule has 0 unspecified atom stereocenters. The SMILES string of the molecule is O=C(CCc1ccncc1)N1CC[C@](O)(c2ccccc2)[C@@H](O)C1. The van der Waals surface area contributed by atoms with Gasteiger partial charge in [0.15, 0.2) is 0 Å². The van der Waals surface area contributed by atoms with Gasteiger partial charge in [-0.2, -0.15) is 0 Å². The Morgan fingerprint density at radius 2 is 1.92 bits per heavy atom. The Bertz CT molecular complexity index is 678. The van der Waals surface area contributed by atoms with Crippen molar-refractivity contribution in [3.8, 4) is 0 Å². The van der Waals surface area contributed by atoms with Crippen LogP contribution in [0, 0.1) is 0 Å². The second-order valence-corrected chi connectivity index (χ2v) is 6.25. The number of aliphatic hydroxyl groups excluding tert-OH is 1. The van der Waals surface area contributed by atoms with E-state index >= 15 is 0 Å². The van der Waals surface area contributed by atoms with E-state index in [1.165, 1.54) is 0 Å². The first-order valence-electron chi connectivity index (χ1n) is 8.22. The molecule has 0 saturated carbocycles. The summed E-state index contributed by atoms with van der Waals surface area (Å²) in [7, 11) is 0. The highest BCUT2D eigenvalue weighted by molar-refractivity contribution is 5.76. The van der Waals surface area contributed by atoms with Gasteiger partial charge in [0.05, 0.1) is 0 Å². The van der Waals surface area contributed by atoms with Crippen LogP contribution in [0.1, 0.15) is 24.0 Å². The fraction of sp³-hybridized carbons (Fsp3) is 0.368. The molecule has 0 radical (unpaired) electrons. The van der Waals surface area contributed by atoms with Gasteiger partial charge in [-0.05, 0) is 29.7 Å². The number of piperidine rings is 1.